The van der Waals surface area contributed by atoms with E-state index in [1.807, 2.05) is 48.5 Å². The number of aromatic amines is 1. The van der Waals surface area contributed by atoms with E-state index in [1.54, 1.807) is 0 Å². The SMILES string of the molecule is CCc1ccc2[nH]c(O)c(N=Nc3ccccc3)c2c1. The summed E-state index contributed by atoms with van der Waals surface area (Å²) in [5, 5.41) is 19.2. The molecule has 1 aromatic heterocycles. The van der Waals surface area contributed by atoms with E-state index in [0.29, 0.717) is 5.69 Å². The summed E-state index contributed by atoms with van der Waals surface area (Å²) < 4.78 is 0. The number of fused-ring (bicyclic) bond motifs is 1. The maximum absolute atomic E-state index is 9.97. The Morgan fingerprint density at radius 3 is 2.60 bits per heavy atom. The van der Waals surface area contributed by atoms with Crippen LogP contribution in [0, 0.1) is 0 Å². The van der Waals surface area contributed by atoms with E-state index in [1.165, 1.54) is 5.56 Å². The largest absolute Gasteiger partial charge is 0.493 e. The number of hydrogen-bond acceptors (Lipinski definition) is 3. The molecule has 0 saturated heterocycles. The van der Waals surface area contributed by atoms with E-state index in [4.69, 9.17) is 0 Å². The molecule has 3 aromatic rings. The zero-order valence-corrected chi connectivity index (χ0v) is 11.2. The highest BCUT2D eigenvalue weighted by atomic mass is 16.3. The molecule has 0 fully saturated rings. The molecule has 0 unspecified atom stereocenters. The second-order valence-electron chi connectivity index (χ2n) is 4.59. The summed E-state index contributed by atoms with van der Waals surface area (Å²) in [6, 6.07) is 15.5. The molecule has 0 saturated carbocycles. The van der Waals surface area contributed by atoms with Crippen LogP contribution in [0.1, 0.15) is 12.5 Å². The summed E-state index contributed by atoms with van der Waals surface area (Å²) in [6.45, 7) is 2.10. The molecule has 0 aliphatic carbocycles. The Bertz CT molecular complexity index is 760. The Labute approximate surface area is 116 Å². The fourth-order valence-corrected chi connectivity index (χ4v) is 2.13. The third-order valence-corrected chi connectivity index (χ3v) is 3.25. The van der Waals surface area contributed by atoms with E-state index >= 15 is 0 Å². The van der Waals surface area contributed by atoms with Gasteiger partial charge in [0.1, 0.15) is 0 Å². The van der Waals surface area contributed by atoms with Crippen molar-refractivity contribution in [1.82, 2.24) is 4.98 Å². The molecule has 0 amide bonds. The zero-order valence-electron chi connectivity index (χ0n) is 11.2. The Kier molecular flexibility index (Phi) is 3.21. The summed E-state index contributed by atoms with van der Waals surface area (Å²) in [5.74, 6) is 0.0490. The molecular formula is C16H15N3O. The lowest BCUT2D eigenvalue weighted by atomic mass is 10.1. The highest BCUT2D eigenvalue weighted by Crippen LogP contribution is 2.36. The van der Waals surface area contributed by atoms with Crippen molar-refractivity contribution < 1.29 is 5.11 Å². The molecule has 0 bridgehead atoms. The normalized spacial score (nSPS) is 11.4. The fourth-order valence-electron chi connectivity index (χ4n) is 2.13. The lowest BCUT2D eigenvalue weighted by Crippen LogP contribution is -1.77. The molecule has 3 rings (SSSR count). The first-order valence-electron chi connectivity index (χ1n) is 6.58. The lowest BCUT2D eigenvalue weighted by Gasteiger charge is -1.97. The van der Waals surface area contributed by atoms with Crippen molar-refractivity contribution in [2.75, 3.05) is 0 Å². The van der Waals surface area contributed by atoms with Crippen LogP contribution in [0.4, 0.5) is 11.4 Å². The minimum Gasteiger partial charge on any atom is -0.493 e. The summed E-state index contributed by atoms with van der Waals surface area (Å²) in [5.41, 5.74) is 3.31. The number of hydrogen-bond donors (Lipinski definition) is 2. The molecule has 4 heteroatoms. The first-order valence-corrected chi connectivity index (χ1v) is 6.58. The highest BCUT2D eigenvalue weighted by Gasteiger charge is 2.10. The maximum Gasteiger partial charge on any atom is 0.218 e. The number of aromatic hydroxyl groups is 1. The Morgan fingerprint density at radius 2 is 1.85 bits per heavy atom. The molecule has 0 aliphatic heterocycles. The number of azo groups is 1. The van der Waals surface area contributed by atoms with Crippen molar-refractivity contribution in [1.29, 1.82) is 0 Å². The summed E-state index contributed by atoms with van der Waals surface area (Å²) in [7, 11) is 0. The van der Waals surface area contributed by atoms with E-state index in [2.05, 4.69) is 22.1 Å². The lowest BCUT2D eigenvalue weighted by molar-refractivity contribution is 0.459. The monoisotopic (exact) mass is 265 g/mol. The minimum atomic E-state index is 0.0490. The van der Waals surface area contributed by atoms with Crippen molar-refractivity contribution in [2.24, 2.45) is 10.2 Å². The van der Waals surface area contributed by atoms with Crippen molar-refractivity contribution in [3.63, 3.8) is 0 Å². The van der Waals surface area contributed by atoms with Crippen LogP contribution < -0.4 is 0 Å². The molecule has 0 radical (unpaired) electrons. The van der Waals surface area contributed by atoms with Gasteiger partial charge in [0.15, 0.2) is 5.69 Å². The van der Waals surface area contributed by atoms with Gasteiger partial charge in [-0.05, 0) is 36.2 Å². The van der Waals surface area contributed by atoms with Gasteiger partial charge in [-0.15, -0.1) is 5.11 Å². The standard InChI is InChI=1S/C16H15N3O/c1-2-11-8-9-14-13(10-11)15(16(20)17-14)19-18-12-6-4-3-5-7-12/h3-10,17,20H,2H2,1H3. The van der Waals surface area contributed by atoms with Crippen LogP contribution in [0.25, 0.3) is 10.9 Å². The summed E-state index contributed by atoms with van der Waals surface area (Å²) in [4.78, 5) is 2.92. The van der Waals surface area contributed by atoms with Crippen LogP contribution in [0.15, 0.2) is 58.8 Å². The van der Waals surface area contributed by atoms with Crippen LogP contribution in [0.5, 0.6) is 5.88 Å². The Balaban J connectivity index is 2.06. The summed E-state index contributed by atoms with van der Waals surface area (Å²) >= 11 is 0. The molecule has 100 valence electrons. The van der Waals surface area contributed by atoms with Crippen LogP contribution in [0.3, 0.4) is 0 Å². The first kappa shape index (κ1) is 12.4. The smallest absolute Gasteiger partial charge is 0.218 e. The first-order chi connectivity index (χ1) is 9.78. The van der Waals surface area contributed by atoms with Crippen molar-refractivity contribution in [2.45, 2.75) is 13.3 Å². The van der Waals surface area contributed by atoms with Crippen molar-refractivity contribution in [3.8, 4) is 5.88 Å². The van der Waals surface area contributed by atoms with Crippen molar-refractivity contribution in [3.05, 3.63) is 54.1 Å². The predicted molar refractivity (Wildman–Crippen MR) is 80.0 cm³/mol. The fraction of sp³-hybridized carbons (Fsp3) is 0.125. The van der Waals surface area contributed by atoms with Gasteiger partial charge in [-0.3, -0.25) is 0 Å². The summed E-state index contributed by atoms with van der Waals surface area (Å²) in [6.07, 6.45) is 0.942. The van der Waals surface area contributed by atoms with Gasteiger partial charge in [-0.25, -0.2) is 0 Å². The number of aryl methyl sites for hydroxylation is 1. The van der Waals surface area contributed by atoms with Gasteiger partial charge < -0.3 is 10.1 Å². The Hall–Kier alpha value is -2.62. The molecule has 1 heterocycles. The molecule has 2 aromatic carbocycles. The number of nitrogens with one attached hydrogen (secondary N) is 1. The molecule has 0 spiro atoms. The quantitative estimate of drug-likeness (QED) is 0.653. The Morgan fingerprint density at radius 1 is 1.05 bits per heavy atom. The second kappa shape index (κ2) is 5.17. The predicted octanol–water partition coefficient (Wildman–Crippen LogP) is 4.85. The number of H-pyrrole nitrogens is 1. The van der Waals surface area contributed by atoms with Gasteiger partial charge in [0, 0.05) is 5.39 Å². The molecule has 2 N–H and O–H groups in total. The number of aromatic nitrogens is 1. The topological polar surface area (TPSA) is 60.7 Å². The van der Waals surface area contributed by atoms with Crippen molar-refractivity contribution >= 4 is 22.3 Å². The third-order valence-electron chi connectivity index (χ3n) is 3.25. The maximum atomic E-state index is 9.97. The average molecular weight is 265 g/mol. The molecule has 0 atom stereocenters. The molecule has 4 nitrogen and oxygen atoms in total. The van der Waals surface area contributed by atoms with E-state index in [9.17, 15) is 5.11 Å². The van der Waals surface area contributed by atoms with Gasteiger partial charge in [0.2, 0.25) is 5.88 Å². The van der Waals surface area contributed by atoms with Crippen LogP contribution in [-0.4, -0.2) is 10.1 Å². The van der Waals surface area contributed by atoms with Gasteiger partial charge in [0.05, 0.1) is 11.2 Å². The van der Waals surface area contributed by atoms with Crippen LogP contribution >= 0.6 is 0 Å². The zero-order chi connectivity index (χ0) is 13.9. The number of nitrogens with zero attached hydrogens (tertiary/aromatic N) is 2. The van der Waals surface area contributed by atoms with E-state index in [0.717, 1.165) is 23.0 Å². The molecule has 20 heavy (non-hydrogen) atoms. The number of benzene rings is 2. The minimum absolute atomic E-state index is 0.0490. The highest BCUT2D eigenvalue weighted by molar-refractivity contribution is 5.94. The third kappa shape index (κ3) is 2.28. The van der Waals surface area contributed by atoms with Gasteiger partial charge in [-0.2, -0.15) is 5.11 Å². The van der Waals surface area contributed by atoms with Gasteiger partial charge in [0.25, 0.3) is 0 Å². The number of rotatable bonds is 3. The van der Waals surface area contributed by atoms with E-state index < -0.39 is 0 Å². The molecular weight excluding hydrogens is 250 g/mol. The van der Waals surface area contributed by atoms with Crippen LogP contribution in [-0.2, 0) is 6.42 Å². The van der Waals surface area contributed by atoms with Crippen LogP contribution in [0.2, 0.25) is 0 Å². The average Bonchev–Trinajstić information content (AvgIpc) is 2.80. The second-order valence-corrected chi connectivity index (χ2v) is 4.59. The van der Waals surface area contributed by atoms with Gasteiger partial charge in [-0.1, -0.05) is 31.2 Å². The van der Waals surface area contributed by atoms with E-state index in [-0.39, 0.29) is 5.88 Å². The van der Waals surface area contributed by atoms with Gasteiger partial charge >= 0.3 is 0 Å². The molecule has 0 aliphatic rings.